The maximum absolute atomic E-state index is 13.6. The first-order valence-electron chi connectivity index (χ1n) is 15.4. The molecular formula is C33H41N3O6S. The van der Waals surface area contributed by atoms with E-state index >= 15 is 0 Å². The van der Waals surface area contributed by atoms with Crippen LogP contribution in [0.1, 0.15) is 101 Å². The van der Waals surface area contributed by atoms with E-state index in [4.69, 9.17) is 9.40 Å². The molecule has 230 valence electrons. The lowest BCUT2D eigenvalue weighted by Crippen LogP contribution is -2.45. The van der Waals surface area contributed by atoms with Crippen molar-refractivity contribution < 1.29 is 27.5 Å². The first kappa shape index (κ1) is 29.8. The van der Waals surface area contributed by atoms with Crippen molar-refractivity contribution in [3.63, 3.8) is 0 Å². The highest BCUT2D eigenvalue weighted by Crippen LogP contribution is 2.56. The summed E-state index contributed by atoms with van der Waals surface area (Å²) in [4.78, 5) is 30.5. The zero-order chi connectivity index (χ0) is 30.6. The fourth-order valence-corrected chi connectivity index (χ4v) is 9.22. The molecule has 0 spiro atoms. The molecule has 2 aromatic carbocycles. The monoisotopic (exact) mass is 607 g/mol. The van der Waals surface area contributed by atoms with Crippen LogP contribution >= 0.6 is 0 Å². The maximum Gasteiger partial charge on any atom is 0.309 e. The Hall–Kier alpha value is -3.24. The van der Waals surface area contributed by atoms with Gasteiger partial charge in [0.1, 0.15) is 0 Å². The molecule has 10 heteroatoms. The second kappa shape index (κ2) is 10.7. The van der Waals surface area contributed by atoms with E-state index in [1.54, 1.807) is 39.0 Å². The average Bonchev–Trinajstić information content (AvgIpc) is 3.64. The number of oxazole rings is 1. The predicted octanol–water partition coefficient (Wildman–Crippen LogP) is 6.21. The summed E-state index contributed by atoms with van der Waals surface area (Å²) in [7, 11) is -3.82. The summed E-state index contributed by atoms with van der Waals surface area (Å²) >= 11 is 0. The van der Waals surface area contributed by atoms with Crippen molar-refractivity contribution in [1.29, 1.82) is 0 Å². The molecular weight excluding hydrogens is 566 g/mol. The van der Waals surface area contributed by atoms with Gasteiger partial charge in [-0.1, -0.05) is 56.4 Å². The molecule has 0 aliphatic heterocycles. The molecule has 2 bridgehead atoms. The fourth-order valence-electron chi connectivity index (χ4n) is 7.59. The van der Waals surface area contributed by atoms with E-state index in [9.17, 15) is 23.1 Å². The van der Waals surface area contributed by atoms with Crippen LogP contribution in [0.5, 0.6) is 0 Å². The maximum atomic E-state index is 13.6. The summed E-state index contributed by atoms with van der Waals surface area (Å²) in [5.74, 6) is -0.351. The van der Waals surface area contributed by atoms with Crippen LogP contribution in [0, 0.1) is 11.3 Å². The third-order valence-corrected chi connectivity index (χ3v) is 11.4. The first-order chi connectivity index (χ1) is 20.3. The van der Waals surface area contributed by atoms with Gasteiger partial charge < -0.3 is 14.8 Å². The Morgan fingerprint density at radius 3 is 2.30 bits per heavy atom. The molecule has 1 amide bonds. The van der Waals surface area contributed by atoms with Gasteiger partial charge >= 0.3 is 11.9 Å². The predicted molar refractivity (Wildman–Crippen MR) is 163 cm³/mol. The van der Waals surface area contributed by atoms with Gasteiger partial charge in [0.05, 0.1) is 16.0 Å². The van der Waals surface area contributed by atoms with E-state index in [0.717, 1.165) is 25.7 Å². The van der Waals surface area contributed by atoms with Crippen molar-refractivity contribution in [2.24, 2.45) is 11.3 Å². The van der Waals surface area contributed by atoms with Gasteiger partial charge in [0.15, 0.2) is 5.76 Å². The fraction of sp³-hybridized carbons (Fsp3) is 0.545. The standard InChI is InChI=1S/C33H41N3O6S/c1-31(2,3)36-43(40,41)26-14-13-24(22-11-7-8-12-23(22)26)27-25(19-21-9-5-4-6-10-21)34-29(42-27)28(37)35-33-17-15-32(20-33,16-18-33)30(38)39/h7-8,11-14,21,36H,4-6,9-10,15-20H2,1-3H3,(H,35,37)(H,38,39). The molecule has 1 heterocycles. The number of carboxylic acids is 1. The van der Waals surface area contributed by atoms with Gasteiger partial charge in [-0.2, -0.15) is 0 Å². The molecule has 1 aromatic heterocycles. The number of carbonyl (C=O) groups excluding carboxylic acids is 1. The minimum absolute atomic E-state index is 0.0370. The van der Waals surface area contributed by atoms with E-state index in [0.29, 0.717) is 72.2 Å². The highest BCUT2D eigenvalue weighted by Gasteiger charge is 2.59. The Morgan fingerprint density at radius 1 is 1.00 bits per heavy atom. The lowest BCUT2D eigenvalue weighted by atomic mass is 9.84. The Bertz CT molecular complexity index is 1670. The minimum Gasteiger partial charge on any atom is -0.481 e. The normalized spacial score (nSPS) is 24.4. The molecule has 0 atom stereocenters. The Morgan fingerprint density at radius 2 is 1.67 bits per heavy atom. The lowest BCUT2D eigenvalue weighted by molar-refractivity contribution is -0.148. The van der Waals surface area contributed by atoms with Crippen LogP contribution < -0.4 is 10.0 Å². The second-order valence-electron chi connectivity index (χ2n) is 14.0. The van der Waals surface area contributed by atoms with Crippen LogP contribution in [0.15, 0.2) is 45.7 Å². The van der Waals surface area contributed by atoms with Crippen molar-refractivity contribution in [1.82, 2.24) is 15.0 Å². The molecule has 3 aliphatic rings. The third-order valence-electron chi connectivity index (χ3n) is 9.63. The number of hydrogen-bond donors (Lipinski definition) is 3. The van der Waals surface area contributed by atoms with Gasteiger partial charge in [-0.15, -0.1) is 0 Å². The number of rotatable bonds is 8. The molecule has 3 aliphatic carbocycles. The van der Waals surface area contributed by atoms with E-state index in [1.807, 2.05) is 18.2 Å². The number of amides is 1. The molecule has 0 unspecified atom stereocenters. The minimum atomic E-state index is -3.82. The van der Waals surface area contributed by atoms with Crippen molar-refractivity contribution in [3.8, 4) is 11.3 Å². The number of benzene rings is 2. The van der Waals surface area contributed by atoms with Crippen LogP contribution in [0.2, 0.25) is 0 Å². The van der Waals surface area contributed by atoms with Crippen molar-refractivity contribution in [2.45, 2.75) is 107 Å². The quantitative estimate of drug-likeness (QED) is 0.277. The SMILES string of the molecule is CC(C)(C)NS(=O)(=O)c1ccc(-c2oc(C(=O)NC34CCC(C(=O)O)(CC3)C4)nc2CC2CCCCC2)c2ccccc12. The molecule has 3 saturated carbocycles. The summed E-state index contributed by atoms with van der Waals surface area (Å²) < 4.78 is 35.8. The van der Waals surface area contributed by atoms with Crippen molar-refractivity contribution in [3.05, 3.63) is 48.0 Å². The van der Waals surface area contributed by atoms with Gasteiger partial charge in [0.25, 0.3) is 5.89 Å². The highest BCUT2D eigenvalue weighted by atomic mass is 32.2. The van der Waals surface area contributed by atoms with Crippen LogP contribution in [0.25, 0.3) is 22.1 Å². The van der Waals surface area contributed by atoms with Crippen LogP contribution in [0.4, 0.5) is 0 Å². The Kier molecular flexibility index (Phi) is 7.44. The van der Waals surface area contributed by atoms with Crippen molar-refractivity contribution in [2.75, 3.05) is 0 Å². The van der Waals surface area contributed by atoms with E-state index in [2.05, 4.69) is 10.0 Å². The number of fused-ring (bicyclic) bond motifs is 3. The molecule has 0 saturated heterocycles. The molecule has 3 aromatic rings. The number of nitrogens with one attached hydrogen (secondary N) is 2. The zero-order valence-electron chi connectivity index (χ0n) is 25.2. The molecule has 3 fully saturated rings. The number of sulfonamides is 1. The lowest BCUT2D eigenvalue weighted by Gasteiger charge is -2.27. The van der Waals surface area contributed by atoms with Crippen molar-refractivity contribution >= 4 is 32.7 Å². The largest absolute Gasteiger partial charge is 0.481 e. The zero-order valence-corrected chi connectivity index (χ0v) is 26.0. The number of aliphatic carboxylic acids is 1. The molecule has 0 radical (unpaired) electrons. The van der Waals surface area contributed by atoms with E-state index in [1.165, 1.54) is 6.42 Å². The second-order valence-corrected chi connectivity index (χ2v) is 15.7. The van der Waals surface area contributed by atoms with E-state index < -0.39 is 38.4 Å². The highest BCUT2D eigenvalue weighted by molar-refractivity contribution is 7.89. The number of nitrogens with zero attached hydrogens (tertiary/aromatic N) is 1. The smallest absolute Gasteiger partial charge is 0.309 e. The third kappa shape index (κ3) is 5.71. The summed E-state index contributed by atoms with van der Waals surface area (Å²) in [6, 6.07) is 10.7. The molecule has 6 rings (SSSR count). The van der Waals surface area contributed by atoms with Gasteiger partial charge in [0, 0.05) is 22.0 Å². The van der Waals surface area contributed by atoms with Crippen LogP contribution in [0.3, 0.4) is 0 Å². The molecule has 43 heavy (non-hydrogen) atoms. The topological polar surface area (TPSA) is 139 Å². The summed E-state index contributed by atoms with van der Waals surface area (Å²) in [6.45, 7) is 5.41. The van der Waals surface area contributed by atoms with Gasteiger partial charge in [0.2, 0.25) is 10.0 Å². The average molecular weight is 608 g/mol. The Balaban J connectivity index is 1.39. The number of aromatic nitrogens is 1. The summed E-state index contributed by atoms with van der Waals surface area (Å²) in [6.07, 6.45) is 9.16. The molecule has 9 nitrogen and oxygen atoms in total. The van der Waals surface area contributed by atoms with Crippen LogP contribution in [-0.2, 0) is 21.2 Å². The number of carboxylic acid groups (broad SMARTS) is 1. The first-order valence-corrected chi connectivity index (χ1v) is 16.9. The van der Waals surface area contributed by atoms with Crippen LogP contribution in [-0.4, -0.2) is 41.5 Å². The van der Waals surface area contributed by atoms with Gasteiger partial charge in [-0.05, 0) is 82.7 Å². The molecule has 3 N–H and O–H groups in total. The number of carbonyl (C=O) groups is 2. The van der Waals surface area contributed by atoms with Gasteiger partial charge in [-0.3, -0.25) is 9.59 Å². The summed E-state index contributed by atoms with van der Waals surface area (Å²) in [5.41, 5.74) is -0.588. The summed E-state index contributed by atoms with van der Waals surface area (Å²) in [5, 5.41) is 14.2. The Labute approximate surface area is 252 Å². The van der Waals surface area contributed by atoms with Gasteiger partial charge in [-0.25, -0.2) is 18.1 Å². The number of hydrogen-bond acceptors (Lipinski definition) is 6. The van der Waals surface area contributed by atoms with E-state index in [-0.39, 0.29) is 10.8 Å².